The molecule has 0 radical (unpaired) electrons. The number of hydrogen-bond acceptors (Lipinski definition) is 3. The maximum atomic E-state index is 5.79. The SMILES string of the molecule is COc1cccc(CN(C)Cc2cccc(N)c2)c1.Cl. The average molecular weight is 293 g/mol. The molecule has 0 fully saturated rings. The molecule has 2 aromatic carbocycles. The molecule has 4 heteroatoms. The highest BCUT2D eigenvalue weighted by Gasteiger charge is 2.03. The van der Waals surface area contributed by atoms with Gasteiger partial charge in [0.1, 0.15) is 5.75 Å². The van der Waals surface area contributed by atoms with E-state index in [9.17, 15) is 0 Å². The van der Waals surface area contributed by atoms with E-state index in [0.29, 0.717) is 0 Å². The number of benzene rings is 2. The van der Waals surface area contributed by atoms with Crippen LogP contribution in [0.4, 0.5) is 5.69 Å². The third-order valence-electron chi connectivity index (χ3n) is 2.99. The predicted octanol–water partition coefficient (Wildman–Crippen LogP) is 3.33. The van der Waals surface area contributed by atoms with Gasteiger partial charge in [-0.3, -0.25) is 4.90 Å². The Bertz CT molecular complexity index is 546. The minimum atomic E-state index is 0. The highest BCUT2D eigenvalue weighted by atomic mass is 35.5. The van der Waals surface area contributed by atoms with Crippen molar-refractivity contribution in [3.8, 4) is 5.75 Å². The number of nitrogens with zero attached hydrogens (tertiary/aromatic N) is 1. The van der Waals surface area contributed by atoms with Gasteiger partial charge in [-0.2, -0.15) is 0 Å². The summed E-state index contributed by atoms with van der Waals surface area (Å²) in [5.74, 6) is 0.898. The van der Waals surface area contributed by atoms with Crippen LogP contribution in [-0.4, -0.2) is 19.1 Å². The van der Waals surface area contributed by atoms with Crippen molar-refractivity contribution < 1.29 is 4.74 Å². The van der Waals surface area contributed by atoms with E-state index < -0.39 is 0 Å². The summed E-state index contributed by atoms with van der Waals surface area (Å²) in [6.45, 7) is 1.76. The lowest BCUT2D eigenvalue weighted by Gasteiger charge is -2.17. The second-order valence-corrected chi connectivity index (χ2v) is 4.77. The van der Waals surface area contributed by atoms with Gasteiger partial charge in [-0.15, -0.1) is 12.4 Å². The molecule has 0 aliphatic rings. The first-order chi connectivity index (χ1) is 9.17. The highest BCUT2D eigenvalue weighted by Crippen LogP contribution is 2.15. The first kappa shape index (κ1) is 16.3. The normalized spacial score (nSPS) is 10.2. The van der Waals surface area contributed by atoms with Crippen molar-refractivity contribution in [1.82, 2.24) is 4.90 Å². The van der Waals surface area contributed by atoms with Gasteiger partial charge in [0.2, 0.25) is 0 Å². The minimum Gasteiger partial charge on any atom is -0.497 e. The molecule has 0 unspecified atom stereocenters. The third-order valence-corrected chi connectivity index (χ3v) is 2.99. The number of rotatable bonds is 5. The quantitative estimate of drug-likeness (QED) is 0.859. The van der Waals surface area contributed by atoms with Crippen LogP contribution in [0.5, 0.6) is 5.75 Å². The van der Waals surface area contributed by atoms with Gasteiger partial charge < -0.3 is 10.5 Å². The summed E-state index contributed by atoms with van der Waals surface area (Å²) in [5.41, 5.74) is 9.07. The number of anilines is 1. The largest absolute Gasteiger partial charge is 0.497 e. The van der Waals surface area contributed by atoms with Gasteiger partial charge in [0.25, 0.3) is 0 Å². The maximum absolute atomic E-state index is 5.79. The molecular formula is C16H21ClN2O. The monoisotopic (exact) mass is 292 g/mol. The smallest absolute Gasteiger partial charge is 0.119 e. The zero-order chi connectivity index (χ0) is 13.7. The van der Waals surface area contributed by atoms with E-state index in [2.05, 4.69) is 30.1 Å². The Morgan fingerprint density at radius 2 is 1.60 bits per heavy atom. The molecule has 0 amide bonds. The van der Waals surface area contributed by atoms with Crippen LogP contribution >= 0.6 is 12.4 Å². The highest BCUT2D eigenvalue weighted by molar-refractivity contribution is 5.85. The molecular weight excluding hydrogens is 272 g/mol. The topological polar surface area (TPSA) is 38.5 Å². The lowest BCUT2D eigenvalue weighted by atomic mass is 10.1. The Hall–Kier alpha value is -1.71. The van der Waals surface area contributed by atoms with Gasteiger partial charge in [0.05, 0.1) is 7.11 Å². The number of hydrogen-bond donors (Lipinski definition) is 1. The Labute approximate surface area is 126 Å². The van der Waals surface area contributed by atoms with Gasteiger partial charge in [0, 0.05) is 18.8 Å². The standard InChI is InChI=1S/C16H20N2O.ClH/c1-18(11-13-5-3-7-15(17)9-13)12-14-6-4-8-16(10-14)19-2;/h3-10H,11-12,17H2,1-2H3;1H. The molecule has 0 atom stereocenters. The lowest BCUT2D eigenvalue weighted by Crippen LogP contribution is -2.17. The maximum Gasteiger partial charge on any atom is 0.119 e. The van der Waals surface area contributed by atoms with Gasteiger partial charge in [-0.25, -0.2) is 0 Å². The van der Waals surface area contributed by atoms with Crippen LogP contribution in [0.2, 0.25) is 0 Å². The molecule has 0 aliphatic carbocycles. The molecule has 108 valence electrons. The average Bonchev–Trinajstić information content (AvgIpc) is 2.38. The van der Waals surface area contributed by atoms with Crippen molar-refractivity contribution in [3.05, 3.63) is 59.7 Å². The van der Waals surface area contributed by atoms with Gasteiger partial charge in [-0.1, -0.05) is 24.3 Å². The number of ether oxygens (including phenoxy) is 1. The zero-order valence-electron chi connectivity index (χ0n) is 11.9. The Morgan fingerprint density at radius 1 is 1.00 bits per heavy atom. The molecule has 0 saturated carbocycles. The minimum absolute atomic E-state index is 0. The van der Waals surface area contributed by atoms with E-state index in [4.69, 9.17) is 10.5 Å². The van der Waals surface area contributed by atoms with E-state index in [-0.39, 0.29) is 12.4 Å². The van der Waals surface area contributed by atoms with Crippen LogP contribution in [0.3, 0.4) is 0 Å². The molecule has 3 nitrogen and oxygen atoms in total. The van der Waals surface area contributed by atoms with Crippen LogP contribution in [0, 0.1) is 0 Å². The molecule has 2 rings (SSSR count). The fourth-order valence-electron chi connectivity index (χ4n) is 2.14. The molecule has 0 saturated heterocycles. The van der Waals surface area contributed by atoms with Crippen molar-refractivity contribution in [2.75, 3.05) is 19.9 Å². The molecule has 20 heavy (non-hydrogen) atoms. The van der Waals surface area contributed by atoms with Crippen LogP contribution in [-0.2, 0) is 13.1 Å². The van der Waals surface area contributed by atoms with Crippen LogP contribution in [0.15, 0.2) is 48.5 Å². The molecule has 0 aromatic heterocycles. The summed E-state index contributed by atoms with van der Waals surface area (Å²) in [6.07, 6.45) is 0. The van der Waals surface area contributed by atoms with Crippen LogP contribution in [0.25, 0.3) is 0 Å². The van der Waals surface area contributed by atoms with E-state index in [1.165, 1.54) is 11.1 Å². The summed E-state index contributed by atoms with van der Waals surface area (Å²) in [7, 11) is 3.79. The fourth-order valence-corrected chi connectivity index (χ4v) is 2.14. The Morgan fingerprint density at radius 3 is 2.20 bits per heavy atom. The van der Waals surface area contributed by atoms with Crippen molar-refractivity contribution in [3.63, 3.8) is 0 Å². The molecule has 0 aliphatic heterocycles. The predicted molar refractivity (Wildman–Crippen MR) is 86.3 cm³/mol. The number of nitrogens with two attached hydrogens (primary N) is 1. The number of nitrogen functional groups attached to an aromatic ring is 1. The summed E-state index contributed by atoms with van der Waals surface area (Å²) in [5, 5.41) is 0. The van der Waals surface area contributed by atoms with Crippen LogP contribution in [0.1, 0.15) is 11.1 Å². The van der Waals surface area contributed by atoms with Crippen molar-refractivity contribution in [1.29, 1.82) is 0 Å². The second kappa shape index (κ2) is 7.78. The zero-order valence-corrected chi connectivity index (χ0v) is 12.7. The van der Waals surface area contributed by atoms with Crippen molar-refractivity contribution >= 4 is 18.1 Å². The lowest BCUT2D eigenvalue weighted by molar-refractivity contribution is 0.318. The van der Waals surface area contributed by atoms with Gasteiger partial charge in [0.15, 0.2) is 0 Å². The Balaban J connectivity index is 0.00000200. The van der Waals surface area contributed by atoms with Crippen molar-refractivity contribution in [2.45, 2.75) is 13.1 Å². The number of methoxy groups -OCH3 is 1. The molecule has 2 N–H and O–H groups in total. The van der Waals surface area contributed by atoms with E-state index >= 15 is 0 Å². The van der Waals surface area contributed by atoms with Crippen LogP contribution < -0.4 is 10.5 Å². The first-order valence-corrected chi connectivity index (χ1v) is 6.33. The van der Waals surface area contributed by atoms with Crippen molar-refractivity contribution in [2.24, 2.45) is 0 Å². The Kier molecular flexibility index (Phi) is 6.36. The first-order valence-electron chi connectivity index (χ1n) is 6.33. The summed E-state index contributed by atoms with van der Waals surface area (Å²) in [6, 6.07) is 16.2. The van der Waals surface area contributed by atoms with Gasteiger partial charge >= 0.3 is 0 Å². The third kappa shape index (κ3) is 4.76. The fraction of sp³-hybridized carbons (Fsp3) is 0.250. The second-order valence-electron chi connectivity index (χ2n) is 4.77. The summed E-state index contributed by atoms with van der Waals surface area (Å²) in [4.78, 5) is 2.25. The van der Waals surface area contributed by atoms with E-state index in [0.717, 1.165) is 24.5 Å². The van der Waals surface area contributed by atoms with E-state index in [1.54, 1.807) is 7.11 Å². The molecule has 0 heterocycles. The molecule has 2 aromatic rings. The van der Waals surface area contributed by atoms with E-state index in [1.807, 2.05) is 30.3 Å². The molecule has 0 spiro atoms. The van der Waals surface area contributed by atoms with Gasteiger partial charge in [-0.05, 0) is 42.4 Å². The summed E-state index contributed by atoms with van der Waals surface area (Å²) >= 11 is 0. The summed E-state index contributed by atoms with van der Waals surface area (Å²) < 4.78 is 5.24. The number of halogens is 1. The molecule has 0 bridgehead atoms.